The fourth-order valence-corrected chi connectivity index (χ4v) is 5.43. The van der Waals surface area contributed by atoms with Gasteiger partial charge < -0.3 is 14.2 Å². The van der Waals surface area contributed by atoms with E-state index in [1.165, 1.54) is 29.7 Å². The highest BCUT2D eigenvalue weighted by atomic mass is 16.6. The molecule has 0 spiro atoms. The third kappa shape index (κ3) is 2.75. The summed E-state index contributed by atoms with van der Waals surface area (Å²) in [5.74, 6) is 1.78. The zero-order valence-electron chi connectivity index (χ0n) is 16.3. The Morgan fingerprint density at radius 2 is 1.81 bits per heavy atom. The van der Waals surface area contributed by atoms with E-state index < -0.39 is 5.60 Å². The number of carbonyl (C=O) groups excluding carboxylic acids is 1. The first-order valence-corrected chi connectivity index (χ1v) is 10.00. The van der Waals surface area contributed by atoms with Crippen molar-refractivity contribution in [3.63, 3.8) is 0 Å². The first-order chi connectivity index (χ1) is 12.9. The van der Waals surface area contributed by atoms with E-state index in [1.54, 1.807) is 0 Å². The van der Waals surface area contributed by atoms with Crippen molar-refractivity contribution in [2.75, 3.05) is 13.1 Å². The van der Waals surface area contributed by atoms with Crippen molar-refractivity contribution < 1.29 is 9.53 Å². The molecule has 0 radical (unpaired) electrons. The Bertz CT molecular complexity index is 868. The lowest BCUT2D eigenvalue weighted by Crippen LogP contribution is -2.36. The van der Waals surface area contributed by atoms with E-state index in [9.17, 15) is 4.79 Å². The second kappa shape index (κ2) is 5.85. The predicted octanol–water partition coefficient (Wildman–Crippen LogP) is 4.35. The number of hydrogen-bond acceptors (Lipinski definition) is 3. The lowest BCUT2D eigenvalue weighted by Gasteiger charge is -2.27. The molecule has 3 heterocycles. The van der Waals surface area contributed by atoms with Gasteiger partial charge in [-0.15, -0.1) is 0 Å². The molecule has 5 heteroatoms. The van der Waals surface area contributed by atoms with E-state index in [1.807, 2.05) is 38.2 Å². The Labute approximate surface area is 160 Å². The Kier molecular flexibility index (Phi) is 3.65. The number of fused-ring (bicyclic) bond motifs is 4. The van der Waals surface area contributed by atoms with Crippen LogP contribution in [0.2, 0.25) is 0 Å². The number of benzene rings is 1. The number of carbonyl (C=O) groups is 1. The average Bonchev–Trinajstić information content (AvgIpc) is 3.31. The fourth-order valence-electron chi connectivity index (χ4n) is 5.43. The maximum absolute atomic E-state index is 12.4. The third-order valence-corrected chi connectivity index (χ3v) is 6.41. The highest BCUT2D eigenvalue weighted by Gasteiger charge is 2.47. The fraction of sp³-hybridized carbons (Fsp3) is 0.545. The van der Waals surface area contributed by atoms with Gasteiger partial charge in [0.1, 0.15) is 5.60 Å². The van der Waals surface area contributed by atoms with Crippen LogP contribution in [0, 0.1) is 17.8 Å². The predicted molar refractivity (Wildman–Crippen MR) is 103 cm³/mol. The molecule has 3 unspecified atom stereocenters. The monoisotopic (exact) mass is 365 g/mol. The second-order valence-electron chi connectivity index (χ2n) is 9.36. The standard InChI is InChI=1S/C22H27N3O2/c1-22(2,3)27-21(26)24-11-15-8-14(9-16(15)12-24)20-18-7-5-4-6-17(18)19-10-23-13-25(19)20/h4-7,10,13-16,20H,8-9,11-12H2,1-3H3. The van der Waals surface area contributed by atoms with Crippen molar-refractivity contribution in [2.24, 2.45) is 17.8 Å². The molecule has 1 aliphatic carbocycles. The highest BCUT2D eigenvalue weighted by molar-refractivity contribution is 5.69. The minimum absolute atomic E-state index is 0.156. The molecular weight excluding hydrogens is 338 g/mol. The zero-order chi connectivity index (χ0) is 18.8. The molecule has 5 nitrogen and oxygen atoms in total. The van der Waals surface area contributed by atoms with Crippen molar-refractivity contribution >= 4 is 6.09 Å². The van der Waals surface area contributed by atoms with Crippen LogP contribution in [-0.2, 0) is 4.74 Å². The van der Waals surface area contributed by atoms with Crippen LogP contribution < -0.4 is 0 Å². The molecule has 27 heavy (non-hydrogen) atoms. The van der Waals surface area contributed by atoms with Gasteiger partial charge >= 0.3 is 6.09 Å². The molecule has 2 aromatic rings. The molecule has 1 aromatic carbocycles. The summed E-state index contributed by atoms with van der Waals surface area (Å²) in [5.41, 5.74) is 3.57. The number of likely N-dealkylation sites (tertiary alicyclic amines) is 1. The van der Waals surface area contributed by atoms with Crippen LogP contribution in [-0.4, -0.2) is 39.2 Å². The third-order valence-electron chi connectivity index (χ3n) is 6.41. The highest BCUT2D eigenvalue weighted by Crippen LogP contribution is 2.52. The number of rotatable bonds is 1. The van der Waals surface area contributed by atoms with Crippen molar-refractivity contribution in [1.82, 2.24) is 14.5 Å². The molecular formula is C22H27N3O2. The second-order valence-corrected chi connectivity index (χ2v) is 9.36. The van der Waals surface area contributed by atoms with Crippen LogP contribution in [0.15, 0.2) is 36.8 Å². The Balaban J connectivity index is 1.32. The van der Waals surface area contributed by atoms with Crippen LogP contribution in [0.4, 0.5) is 4.79 Å². The summed E-state index contributed by atoms with van der Waals surface area (Å²) in [4.78, 5) is 18.7. The van der Waals surface area contributed by atoms with Crippen molar-refractivity contribution in [3.05, 3.63) is 42.4 Å². The smallest absolute Gasteiger partial charge is 0.410 e. The average molecular weight is 365 g/mol. The number of amides is 1. The Morgan fingerprint density at radius 3 is 2.52 bits per heavy atom. The molecule has 5 rings (SSSR count). The molecule has 2 aliphatic heterocycles. The first-order valence-electron chi connectivity index (χ1n) is 10.00. The van der Waals surface area contributed by atoms with Crippen LogP contribution >= 0.6 is 0 Å². The van der Waals surface area contributed by atoms with E-state index in [-0.39, 0.29) is 6.09 Å². The summed E-state index contributed by atoms with van der Waals surface area (Å²) in [5, 5.41) is 0. The summed E-state index contributed by atoms with van der Waals surface area (Å²) < 4.78 is 7.93. The van der Waals surface area contributed by atoms with Crippen LogP contribution in [0.25, 0.3) is 11.3 Å². The number of ether oxygens (including phenoxy) is 1. The van der Waals surface area contributed by atoms with E-state index in [4.69, 9.17) is 4.74 Å². The molecule has 1 amide bonds. The van der Waals surface area contributed by atoms with Gasteiger partial charge in [0.05, 0.1) is 24.3 Å². The van der Waals surface area contributed by atoms with E-state index >= 15 is 0 Å². The van der Waals surface area contributed by atoms with Gasteiger partial charge in [0.2, 0.25) is 0 Å². The number of hydrogen-bond donors (Lipinski definition) is 0. The maximum atomic E-state index is 12.4. The van der Waals surface area contributed by atoms with Crippen LogP contribution in [0.1, 0.15) is 45.2 Å². The normalized spacial score (nSPS) is 28.8. The quantitative estimate of drug-likeness (QED) is 0.755. The van der Waals surface area contributed by atoms with Gasteiger partial charge in [-0.3, -0.25) is 0 Å². The molecule has 1 saturated heterocycles. The molecule has 1 saturated carbocycles. The number of nitrogens with zero attached hydrogens (tertiary/aromatic N) is 3. The van der Waals surface area contributed by atoms with E-state index in [2.05, 4.69) is 33.8 Å². The van der Waals surface area contributed by atoms with Crippen LogP contribution in [0.5, 0.6) is 0 Å². The molecule has 2 fully saturated rings. The molecule has 142 valence electrons. The van der Waals surface area contributed by atoms with Gasteiger partial charge in [-0.05, 0) is 56.9 Å². The number of aromatic nitrogens is 2. The summed E-state index contributed by atoms with van der Waals surface area (Å²) in [6, 6.07) is 9.13. The molecule has 0 N–H and O–H groups in total. The van der Waals surface area contributed by atoms with Crippen molar-refractivity contribution in [3.8, 4) is 11.3 Å². The van der Waals surface area contributed by atoms with Crippen molar-refractivity contribution in [2.45, 2.75) is 45.3 Å². The first kappa shape index (κ1) is 16.8. The minimum Gasteiger partial charge on any atom is -0.444 e. The van der Waals surface area contributed by atoms with Gasteiger partial charge in [0, 0.05) is 18.7 Å². The Morgan fingerprint density at radius 1 is 1.11 bits per heavy atom. The van der Waals surface area contributed by atoms with Gasteiger partial charge in [0.15, 0.2) is 0 Å². The lowest BCUT2D eigenvalue weighted by molar-refractivity contribution is 0.0276. The lowest BCUT2D eigenvalue weighted by atomic mass is 9.90. The molecule has 0 bridgehead atoms. The van der Waals surface area contributed by atoms with Crippen LogP contribution in [0.3, 0.4) is 0 Å². The largest absolute Gasteiger partial charge is 0.444 e. The van der Waals surface area contributed by atoms with Gasteiger partial charge in [-0.25, -0.2) is 9.78 Å². The minimum atomic E-state index is -0.428. The van der Waals surface area contributed by atoms with Gasteiger partial charge in [-0.2, -0.15) is 0 Å². The summed E-state index contributed by atoms with van der Waals surface area (Å²) >= 11 is 0. The Hall–Kier alpha value is -2.30. The SMILES string of the molecule is CC(C)(C)OC(=O)N1CC2CC(C3c4ccccc4-c4cncn43)CC2C1. The summed E-state index contributed by atoms with van der Waals surface area (Å²) in [6.45, 7) is 7.46. The number of imidazole rings is 1. The van der Waals surface area contributed by atoms with Gasteiger partial charge in [0.25, 0.3) is 0 Å². The topological polar surface area (TPSA) is 47.4 Å². The summed E-state index contributed by atoms with van der Waals surface area (Å²) in [6.07, 6.45) is 6.15. The van der Waals surface area contributed by atoms with E-state index in [0.29, 0.717) is 23.8 Å². The maximum Gasteiger partial charge on any atom is 0.410 e. The van der Waals surface area contributed by atoms with E-state index in [0.717, 1.165) is 13.1 Å². The zero-order valence-corrected chi connectivity index (χ0v) is 16.3. The molecule has 1 aromatic heterocycles. The molecule has 3 atom stereocenters. The molecule has 3 aliphatic rings. The van der Waals surface area contributed by atoms with Crippen molar-refractivity contribution in [1.29, 1.82) is 0 Å². The summed E-state index contributed by atoms with van der Waals surface area (Å²) in [7, 11) is 0. The van der Waals surface area contributed by atoms with Gasteiger partial charge in [-0.1, -0.05) is 24.3 Å².